The van der Waals surface area contributed by atoms with E-state index in [-0.39, 0.29) is 5.91 Å². The number of tetrazole rings is 1. The largest absolute Gasteiger partial charge is 0.497 e. The van der Waals surface area contributed by atoms with E-state index in [1.54, 1.807) is 18.2 Å². The van der Waals surface area contributed by atoms with Crippen molar-refractivity contribution in [2.24, 2.45) is 0 Å². The molecule has 116 valence electrons. The monoisotopic (exact) mass is 313 g/mol. The molecule has 3 aromatic rings. The molecule has 7 nitrogen and oxygen atoms in total. The Labute approximate surface area is 130 Å². The van der Waals surface area contributed by atoms with Gasteiger partial charge in [0, 0.05) is 11.6 Å². The number of ether oxygens (including phenoxy) is 1. The molecule has 0 saturated carbocycles. The highest BCUT2D eigenvalue weighted by Crippen LogP contribution is 2.25. The SMILES string of the molecule is COc1ccc(-n2cnnn2)c(NC(=O)c2ccc(F)cc2)c1. The number of nitrogens with one attached hydrogen (secondary N) is 1. The maximum absolute atomic E-state index is 13.0. The van der Waals surface area contributed by atoms with E-state index >= 15 is 0 Å². The van der Waals surface area contributed by atoms with Gasteiger partial charge in [0.05, 0.1) is 18.5 Å². The van der Waals surface area contributed by atoms with Crippen LogP contribution in [-0.2, 0) is 0 Å². The van der Waals surface area contributed by atoms with Crippen molar-refractivity contribution in [3.05, 3.63) is 60.2 Å². The minimum atomic E-state index is -0.405. The van der Waals surface area contributed by atoms with Crippen molar-refractivity contribution >= 4 is 11.6 Å². The Morgan fingerprint density at radius 1 is 1.22 bits per heavy atom. The minimum absolute atomic E-state index is 0.330. The number of anilines is 1. The van der Waals surface area contributed by atoms with Gasteiger partial charge >= 0.3 is 0 Å². The first-order chi connectivity index (χ1) is 11.2. The molecule has 0 fully saturated rings. The highest BCUT2D eigenvalue weighted by atomic mass is 19.1. The third-order valence-corrected chi connectivity index (χ3v) is 3.15. The zero-order valence-electron chi connectivity index (χ0n) is 12.1. The van der Waals surface area contributed by atoms with Gasteiger partial charge in [0.2, 0.25) is 0 Å². The second kappa shape index (κ2) is 6.22. The summed E-state index contributed by atoms with van der Waals surface area (Å²) < 4.78 is 19.5. The summed E-state index contributed by atoms with van der Waals surface area (Å²) in [5.41, 5.74) is 1.37. The molecule has 0 atom stereocenters. The number of hydrogen-bond acceptors (Lipinski definition) is 5. The topological polar surface area (TPSA) is 81.9 Å². The molecular weight excluding hydrogens is 301 g/mol. The Kier molecular flexibility index (Phi) is 3.96. The molecule has 0 aliphatic heterocycles. The fraction of sp³-hybridized carbons (Fsp3) is 0.0667. The van der Waals surface area contributed by atoms with Crippen LogP contribution in [0.5, 0.6) is 5.75 Å². The van der Waals surface area contributed by atoms with Crippen LogP contribution in [-0.4, -0.2) is 33.2 Å². The van der Waals surface area contributed by atoms with Crippen LogP contribution in [0.3, 0.4) is 0 Å². The Morgan fingerprint density at radius 2 is 2.00 bits per heavy atom. The van der Waals surface area contributed by atoms with Crippen molar-refractivity contribution < 1.29 is 13.9 Å². The van der Waals surface area contributed by atoms with E-state index in [1.807, 2.05) is 0 Å². The molecule has 0 aliphatic rings. The van der Waals surface area contributed by atoms with Crippen molar-refractivity contribution in [1.29, 1.82) is 0 Å². The molecule has 1 heterocycles. The molecule has 8 heteroatoms. The third-order valence-electron chi connectivity index (χ3n) is 3.15. The van der Waals surface area contributed by atoms with Crippen molar-refractivity contribution in [3.8, 4) is 11.4 Å². The van der Waals surface area contributed by atoms with Crippen LogP contribution in [0.2, 0.25) is 0 Å². The third kappa shape index (κ3) is 3.15. The van der Waals surface area contributed by atoms with E-state index < -0.39 is 5.82 Å². The standard InChI is InChI=1S/C15H12FN5O2/c1-23-12-6-7-14(21-9-17-19-20-21)13(8-12)18-15(22)10-2-4-11(16)5-3-10/h2-9H,1H3,(H,18,22). The van der Waals surface area contributed by atoms with Crippen LogP contribution in [0.4, 0.5) is 10.1 Å². The molecule has 0 spiro atoms. The first-order valence-electron chi connectivity index (χ1n) is 6.65. The van der Waals surface area contributed by atoms with Gasteiger partial charge in [0.1, 0.15) is 17.9 Å². The molecule has 3 rings (SSSR count). The number of amides is 1. The fourth-order valence-corrected chi connectivity index (χ4v) is 2.01. The summed E-state index contributed by atoms with van der Waals surface area (Å²) in [6, 6.07) is 10.4. The van der Waals surface area contributed by atoms with Gasteiger partial charge in [-0.15, -0.1) is 5.10 Å². The lowest BCUT2D eigenvalue weighted by Crippen LogP contribution is -2.14. The Morgan fingerprint density at radius 3 is 2.65 bits per heavy atom. The predicted octanol–water partition coefficient (Wildman–Crippen LogP) is 2.06. The van der Waals surface area contributed by atoms with Gasteiger partial charge in [0.25, 0.3) is 5.91 Å². The van der Waals surface area contributed by atoms with Gasteiger partial charge in [-0.25, -0.2) is 4.39 Å². The highest BCUT2D eigenvalue weighted by Gasteiger charge is 2.12. The summed E-state index contributed by atoms with van der Waals surface area (Å²) in [5.74, 6) is -0.221. The number of halogens is 1. The first-order valence-corrected chi connectivity index (χ1v) is 6.65. The summed E-state index contributed by atoms with van der Waals surface area (Å²) in [6.45, 7) is 0. The number of nitrogens with zero attached hydrogens (tertiary/aromatic N) is 4. The Bertz CT molecular complexity index is 818. The van der Waals surface area contributed by atoms with Gasteiger partial charge in [-0.05, 0) is 46.8 Å². The van der Waals surface area contributed by atoms with Gasteiger partial charge in [-0.3, -0.25) is 4.79 Å². The summed E-state index contributed by atoms with van der Waals surface area (Å²) in [7, 11) is 1.53. The number of carbonyl (C=O) groups excluding carboxylic acids is 1. The van der Waals surface area contributed by atoms with Gasteiger partial charge in [0.15, 0.2) is 0 Å². The zero-order chi connectivity index (χ0) is 16.2. The first kappa shape index (κ1) is 14.6. The Balaban J connectivity index is 1.94. The van der Waals surface area contributed by atoms with E-state index in [1.165, 1.54) is 42.4 Å². The molecule has 0 saturated heterocycles. The second-order valence-electron chi connectivity index (χ2n) is 4.60. The maximum Gasteiger partial charge on any atom is 0.255 e. The van der Waals surface area contributed by atoms with Gasteiger partial charge in [-0.2, -0.15) is 4.68 Å². The maximum atomic E-state index is 13.0. The van der Waals surface area contributed by atoms with Gasteiger partial charge < -0.3 is 10.1 Å². The number of rotatable bonds is 4. The van der Waals surface area contributed by atoms with Crippen LogP contribution in [0.15, 0.2) is 48.8 Å². The van der Waals surface area contributed by atoms with E-state index in [0.29, 0.717) is 22.7 Å². The molecule has 0 aliphatic carbocycles. The number of hydrogen-bond donors (Lipinski definition) is 1. The summed E-state index contributed by atoms with van der Waals surface area (Å²) >= 11 is 0. The van der Waals surface area contributed by atoms with Crippen LogP contribution >= 0.6 is 0 Å². The molecule has 2 aromatic carbocycles. The average Bonchev–Trinajstić information content (AvgIpc) is 3.09. The highest BCUT2D eigenvalue weighted by molar-refractivity contribution is 6.05. The van der Waals surface area contributed by atoms with Crippen LogP contribution in [0.25, 0.3) is 5.69 Å². The van der Waals surface area contributed by atoms with E-state index in [9.17, 15) is 9.18 Å². The normalized spacial score (nSPS) is 10.3. The molecule has 0 radical (unpaired) electrons. The molecule has 0 bridgehead atoms. The van der Waals surface area contributed by atoms with E-state index in [2.05, 4.69) is 20.8 Å². The van der Waals surface area contributed by atoms with Crippen molar-refractivity contribution in [2.45, 2.75) is 0 Å². The molecule has 23 heavy (non-hydrogen) atoms. The van der Waals surface area contributed by atoms with Crippen molar-refractivity contribution in [2.75, 3.05) is 12.4 Å². The van der Waals surface area contributed by atoms with Crippen LogP contribution < -0.4 is 10.1 Å². The lowest BCUT2D eigenvalue weighted by molar-refractivity contribution is 0.102. The van der Waals surface area contributed by atoms with Gasteiger partial charge in [-0.1, -0.05) is 0 Å². The minimum Gasteiger partial charge on any atom is -0.497 e. The molecule has 1 amide bonds. The number of aromatic nitrogens is 4. The van der Waals surface area contributed by atoms with Crippen LogP contribution in [0.1, 0.15) is 10.4 Å². The summed E-state index contributed by atoms with van der Waals surface area (Å²) in [4.78, 5) is 12.3. The second-order valence-corrected chi connectivity index (χ2v) is 4.60. The van der Waals surface area contributed by atoms with Crippen molar-refractivity contribution in [1.82, 2.24) is 20.2 Å². The molecule has 1 aromatic heterocycles. The quantitative estimate of drug-likeness (QED) is 0.797. The average molecular weight is 313 g/mol. The smallest absolute Gasteiger partial charge is 0.255 e. The summed E-state index contributed by atoms with van der Waals surface area (Å²) in [6.07, 6.45) is 1.41. The van der Waals surface area contributed by atoms with E-state index in [0.717, 1.165) is 0 Å². The van der Waals surface area contributed by atoms with Crippen LogP contribution in [0, 0.1) is 5.82 Å². The number of benzene rings is 2. The number of carbonyl (C=O) groups is 1. The lowest BCUT2D eigenvalue weighted by Gasteiger charge is -2.12. The fourth-order valence-electron chi connectivity index (χ4n) is 2.01. The Hall–Kier alpha value is -3.29. The summed E-state index contributed by atoms with van der Waals surface area (Å²) in [5, 5.41) is 13.7. The molecule has 1 N–H and O–H groups in total. The predicted molar refractivity (Wildman–Crippen MR) is 80.1 cm³/mol. The van der Waals surface area contributed by atoms with Crippen molar-refractivity contribution in [3.63, 3.8) is 0 Å². The number of methoxy groups -OCH3 is 1. The molecular formula is C15H12FN5O2. The van der Waals surface area contributed by atoms with E-state index in [4.69, 9.17) is 4.74 Å². The zero-order valence-corrected chi connectivity index (χ0v) is 12.1. The molecule has 0 unspecified atom stereocenters. The lowest BCUT2D eigenvalue weighted by atomic mass is 10.2.